The van der Waals surface area contributed by atoms with Crippen molar-refractivity contribution in [3.8, 4) is 0 Å². The van der Waals surface area contributed by atoms with E-state index in [1.54, 1.807) is 0 Å². The van der Waals surface area contributed by atoms with Crippen molar-refractivity contribution in [2.75, 3.05) is 57.9 Å². The Labute approximate surface area is 183 Å². The van der Waals surface area contributed by atoms with E-state index >= 15 is 0 Å². The van der Waals surface area contributed by atoms with Crippen LogP contribution in [0.1, 0.15) is 43.0 Å². The van der Waals surface area contributed by atoms with Crippen LogP contribution in [0.2, 0.25) is 0 Å². The summed E-state index contributed by atoms with van der Waals surface area (Å²) < 4.78 is 5.48. The monoisotopic (exact) mass is 431 g/mol. The fraction of sp³-hybridized carbons (Fsp3) is 0.682. The lowest BCUT2D eigenvalue weighted by Crippen LogP contribution is -2.39. The molecule has 164 valence electrons. The number of fused-ring (bicyclic) bond motifs is 3. The predicted molar refractivity (Wildman–Crippen MR) is 121 cm³/mol. The molecule has 2 aromatic rings. The molecule has 1 amide bonds. The third kappa shape index (κ3) is 4.45. The first-order valence-corrected chi connectivity index (χ1v) is 12.0. The third-order valence-electron chi connectivity index (χ3n) is 6.16. The second-order valence-electron chi connectivity index (χ2n) is 8.17. The van der Waals surface area contributed by atoms with Gasteiger partial charge in [0.2, 0.25) is 5.91 Å². The minimum Gasteiger partial charge on any atom is -0.379 e. The summed E-state index contributed by atoms with van der Waals surface area (Å²) in [6.07, 6.45) is 4.69. The predicted octanol–water partition coefficient (Wildman–Crippen LogP) is 2.71. The molecule has 1 aliphatic carbocycles. The van der Waals surface area contributed by atoms with Crippen molar-refractivity contribution in [2.24, 2.45) is 0 Å². The van der Waals surface area contributed by atoms with E-state index in [1.165, 1.54) is 28.7 Å². The number of nitrogens with zero attached hydrogens (tertiary/aromatic N) is 5. The summed E-state index contributed by atoms with van der Waals surface area (Å²) in [6.45, 7) is 9.95. The lowest BCUT2D eigenvalue weighted by atomic mass is 9.97. The molecule has 1 saturated heterocycles. The molecule has 7 nitrogen and oxygen atoms in total. The SMILES string of the molecule is CCN(CC)C(=O)CN(C)c1nc(CN2CCOCC2)nc2sc3c(c12)CCCC3. The van der Waals surface area contributed by atoms with Crippen molar-refractivity contribution < 1.29 is 9.53 Å². The van der Waals surface area contributed by atoms with E-state index in [1.807, 2.05) is 42.0 Å². The molecule has 2 aliphatic rings. The molecular weight excluding hydrogens is 398 g/mol. The minimum absolute atomic E-state index is 0.146. The molecule has 3 heterocycles. The topological polar surface area (TPSA) is 61.8 Å². The van der Waals surface area contributed by atoms with Gasteiger partial charge in [0.05, 0.1) is 31.7 Å². The number of rotatable bonds is 7. The number of thiophene rings is 1. The molecule has 0 N–H and O–H groups in total. The molecule has 0 unspecified atom stereocenters. The molecular formula is C22H33N5O2S. The van der Waals surface area contributed by atoms with Crippen molar-refractivity contribution in [3.63, 3.8) is 0 Å². The first-order valence-electron chi connectivity index (χ1n) is 11.2. The Morgan fingerprint density at radius 1 is 1.13 bits per heavy atom. The van der Waals surface area contributed by atoms with Crippen LogP contribution in [0.4, 0.5) is 5.82 Å². The first-order chi connectivity index (χ1) is 14.6. The largest absolute Gasteiger partial charge is 0.379 e. The number of morpholine rings is 1. The zero-order valence-electron chi connectivity index (χ0n) is 18.4. The number of aromatic nitrogens is 2. The average molecular weight is 432 g/mol. The summed E-state index contributed by atoms with van der Waals surface area (Å²) in [5.74, 6) is 1.91. The van der Waals surface area contributed by atoms with Gasteiger partial charge in [0.25, 0.3) is 0 Å². The number of anilines is 1. The van der Waals surface area contributed by atoms with Crippen LogP contribution in [0.15, 0.2) is 0 Å². The molecule has 2 aromatic heterocycles. The van der Waals surface area contributed by atoms with Crippen molar-refractivity contribution in [1.82, 2.24) is 19.8 Å². The van der Waals surface area contributed by atoms with Crippen LogP contribution in [0, 0.1) is 0 Å². The Bertz CT molecular complexity index is 889. The highest BCUT2D eigenvalue weighted by molar-refractivity contribution is 7.19. The van der Waals surface area contributed by atoms with Gasteiger partial charge in [-0.2, -0.15) is 0 Å². The van der Waals surface area contributed by atoms with Gasteiger partial charge in [-0.25, -0.2) is 9.97 Å². The second kappa shape index (κ2) is 9.58. The summed E-state index contributed by atoms with van der Waals surface area (Å²) >= 11 is 1.83. The molecule has 30 heavy (non-hydrogen) atoms. The van der Waals surface area contributed by atoms with Crippen molar-refractivity contribution in [3.05, 3.63) is 16.3 Å². The quantitative estimate of drug-likeness (QED) is 0.672. The van der Waals surface area contributed by atoms with E-state index in [9.17, 15) is 4.79 Å². The first kappa shape index (κ1) is 21.5. The maximum atomic E-state index is 12.8. The summed E-state index contributed by atoms with van der Waals surface area (Å²) in [5.41, 5.74) is 1.41. The highest BCUT2D eigenvalue weighted by atomic mass is 32.1. The second-order valence-corrected chi connectivity index (χ2v) is 9.25. The Morgan fingerprint density at radius 2 is 1.87 bits per heavy atom. The standard InChI is InChI=1S/C22H33N5O2S/c1-4-27(5-2)19(28)15-25(3)21-20-16-8-6-7-9-17(16)30-22(20)24-18(23-21)14-26-10-12-29-13-11-26/h4-15H2,1-3H3. The van der Waals surface area contributed by atoms with E-state index in [-0.39, 0.29) is 5.91 Å². The Morgan fingerprint density at radius 3 is 2.60 bits per heavy atom. The molecule has 0 radical (unpaired) electrons. The third-order valence-corrected chi connectivity index (χ3v) is 7.35. The number of hydrogen-bond acceptors (Lipinski definition) is 7. The van der Waals surface area contributed by atoms with E-state index in [4.69, 9.17) is 14.7 Å². The number of ether oxygens (including phenoxy) is 1. The highest BCUT2D eigenvalue weighted by Gasteiger charge is 2.25. The number of aryl methyl sites for hydroxylation is 2. The van der Waals surface area contributed by atoms with Gasteiger partial charge in [0.1, 0.15) is 16.5 Å². The van der Waals surface area contributed by atoms with Crippen LogP contribution < -0.4 is 4.90 Å². The normalized spacial score (nSPS) is 17.2. The van der Waals surface area contributed by atoms with Crippen LogP contribution in [-0.4, -0.2) is 78.7 Å². The van der Waals surface area contributed by atoms with Crippen LogP contribution in [0.25, 0.3) is 10.2 Å². The van der Waals surface area contributed by atoms with E-state index < -0.39 is 0 Å². The van der Waals surface area contributed by atoms with Gasteiger partial charge in [-0.15, -0.1) is 11.3 Å². The minimum atomic E-state index is 0.146. The van der Waals surface area contributed by atoms with Gasteiger partial charge in [-0.3, -0.25) is 9.69 Å². The van der Waals surface area contributed by atoms with Crippen LogP contribution in [0.5, 0.6) is 0 Å². The van der Waals surface area contributed by atoms with Crippen molar-refractivity contribution in [2.45, 2.75) is 46.1 Å². The molecule has 0 aromatic carbocycles. The fourth-order valence-electron chi connectivity index (χ4n) is 4.44. The summed E-state index contributed by atoms with van der Waals surface area (Å²) in [4.78, 5) is 31.6. The number of likely N-dealkylation sites (N-methyl/N-ethyl adjacent to an activating group) is 2. The number of carbonyl (C=O) groups excluding carboxylic acids is 1. The van der Waals surface area contributed by atoms with E-state index in [2.05, 4.69) is 4.90 Å². The molecule has 0 bridgehead atoms. The molecule has 0 atom stereocenters. The van der Waals surface area contributed by atoms with E-state index in [0.29, 0.717) is 6.54 Å². The van der Waals surface area contributed by atoms with Crippen LogP contribution in [0.3, 0.4) is 0 Å². The van der Waals surface area contributed by atoms with Gasteiger partial charge >= 0.3 is 0 Å². The lowest BCUT2D eigenvalue weighted by Gasteiger charge is -2.27. The van der Waals surface area contributed by atoms with Crippen molar-refractivity contribution in [1.29, 1.82) is 0 Å². The Kier molecular flexibility index (Phi) is 6.85. The highest BCUT2D eigenvalue weighted by Crippen LogP contribution is 2.39. The maximum absolute atomic E-state index is 12.8. The average Bonchev–Trinajstić information content (AvgIpc) is 3.13. The smallest absolute Gasteiger partial charge is 0.242 e. The maximum Gasteiger partial charge on any atom is 0.242 e. The van der Waals surface area contributed by atoms with Gasteiger partial charge in [-0.05, 0) is 45.1 Å². The van der Waals surface area contributed by atoms with Gasteiger partial charge < -0.3 is 14.5 Å². The molecule has 0 spiro atoms. The number of amides is 1. The van der Waals surface area contributed by atoms with Gasteiger partial charge in [0, 0.05) is 38.1 Å². The summed E-state index contributed by atoms with van der Waals surface area (Å²) in [5, 5.41) is 1.18. The number of hydrogen-bond donors (Lipinski definition) is 0. The molecule has 0 saturated carbocycles. The van der Waals surface area contributed by atoms with Gasteiger partial charge in [0.15, 0.2) is 0 Å². The molecule has 8 heteroatoms. The van der Waals surface area contributed by atoms with Gasteiger partial charge in [-0.1, -0.05) is 0 Å². The molecule has 1 aliphatic heterocycles. The Balaban J connectivity index is 1.69. The fourth-order valence-corrected chi connectivity index (χ4v) is 5.72. The molecule has 4 rings (SSSR count). The number of carbonyl (C=O) groups is 1. The zero-order valence-corrected chi connectivity index (χ0v) is 19.3. The Hall–Kier alpha value is -1.77. The molecule has 1 fully saturated rings. The van der Waals surface area contributed by atoms with Crippen molar-refractivity contribution >= 4 is 33.3 Å². The summed E-state index contributed by atoms with van der Waals surface area (Å²) in [7, 11) is 1.99. The van der Waals surface area contributed by atoms with E-state index in [0.717, 1.165) is 75.3 Å². The lowest BCUT2D eigenvalue weighted by molar-refractivity contribution is -0.129. The summed E-state index contributed by atoms with van der Waals surface area (Å²) in [6, 6.07) is 0. The van der Waals surface area contributed by atoms with Crippen LogP contribution in [-0.2, 0) is 28.9 Å². The van der Waals surface area contributed by atoms with Crippen LogP contribution >= 0.6 is 11.3 Å². The zero-order chi connectivity index (χ0) is 21.1.